The number of likely N-dealkylation sites (N-methyl/N-ethyl adjacent to an activating group) is 1. The molecule has 2 nitrogen and oxygen atoms in total. The van der Waals surface area contributed by atoms with Crippen LogP contribution < -0.4 is 5.32 Å². The molecular weight excluding hydrogens is 234 g/mol. The minimum atomic E-state index is -0.0522. The van der Waals surface area contributed by atoms with Crippen LogP contribution in [-0.2, 0) is 11.2 Å². The van der Waals surface area contributed by atoms with Crippen molar-refractivity contribution < 1.29 is 4.79 Å². The Labute approximate surface area is 116 Å². The van der Waals surface area contributed by atoms with Crippen LogP contribution in [0.5, 0.6) is 0 Å². The number of hydrogen-bond acceptors (Lipinski definition) is 2. The Bertz CT molecular complexity index is 463. The van der Waals surface area contributed by atoms with Crippen LogP contribution in [0, 0.1) is 13.8 Å². The smallest absolute Gasteiger partial charge is 0.137 e. The molecule has 0 heterocycles. The van der Waals surface area contributed by atoms with Gasteiger partial charge in [-0.25, -0.2) is 0 Å². The summed E-state index contributed by atoms with van der Waals surface area (Å²) in [5.74, 6) is 0.164. The molecule has 1 aromatic carbocycles. The van der Waals surface area contributed by atoms with Gasteiger partial charge in [0.1, 0.15) is 5.78 Å². The van der Waals surface area contributed by atoms with Crippen LogP contribution in [0.4, 0.5) is 0 Å². The first kappa shape index (κ1) is 15.6. The average Bonchev–Trinajstić information content (AvgIpc) is 2.36. The zero-order valence-corrected chi connectivity index (χ0v) is 12.5. The molecule has 104 valence electrons. The molecule has 0 aromatic heterocycles. The molecule has 19 heavy (non-hydrogen) atoms. The van der Waals surface area contributed by atoms with Crippen molar-refractivity contribution in [2.24, 2.45) is 0 Å². The normalized spacial score (nSPS) is 12.2. The quantitative estimate of drug-likeness (QED) is 0.761. The molecule has 0 saturated carbocycles. The Morgan fingerprint density at radius 2 is 2.00 bits per heavy atom. The van der Waals surface area contributed by atoms with E-state index in [1.807, 2.05) is 13.1 Å². The Morgan fingerprint density at radius 1 is 1.37 bits per heavy atom. The molecular formula is C17H25NO. The highest BCUT2D eigenvalue weighted by molar-refractivity contribution is 5.84. The number of rotatable bonds is 7. The molecule has 0 aliphatic carbocycles. The van der Waals surface area contributed by atoms with E-state index < -0.39 is 0 Å². The van der Waals surface area contributed by atoms with Gasteiger partial charge in [-0.15, -0.1) is 6.58 Å². The van der Waals surface area contributed by atoms with Gasteiger partial charge < -0.3 is 5.32 Å². The summed E-state index contributed by atoms with van der Waals surface area (Å²) in [5, 5.41) is 3.17. The maximum Gasteiger partial charge on any atom is 0.137 e. The van der Waals surface area contributed by atoms with E-state index in [2.05, 4.69) is 37.9 Å². The summed E-state index contributed by atoms with van der Waals surface area (Å²) >= 11 is 0. The lowest BCUT2D eigenvalue weighted by Crippen LogP contribution is -2.16. The van der Waals surface area contributed by atoms with Crippen molar-refractivity contribution >= 4 is 5.78 Å². The summed E-state index contributed by atoms with van der Waals surface area (Å²) < 4.78 is 0. The first-order valence-electron chi connectivity index (χ1n) is 6.87. The van der Waals surface area contributed by atoms with Gasteiger partial charge in [0.05, 0.1) is 0 Å². The molecule has 0 spiro atoms. The van der Waals surface area contributed by atoms with Crippen molar-refractivity contribution in [1.29, 1.82) is 0 Å². The predicted octanol–water partition coefficient (Wildman–Crippen LogP) is 3.31. The van der Waals surface area contributed by atoms with Crippen LogP contribution in [0.15, 0.2) is 24.8 Å². The maximum atomic E-state index is 11.9. The third kappa shape index (κ3) is 4.03. The second-order valence-corrected chi connectivity index (χ2v) is 5.18. The number of allylic oxidation sites excluding steroid dienone is 1. The summed E-state index contributed by atoms with van der Waals surface area (Å²) in [6, 6.07) is 4.40. The highest BCUT2D eigenvalue weighted by atomic mass is 16.1. The third-order valence-corrected chi connectivity index (χ3v) is 3.67. The number of nitrogens with one attached hydrogen (secondary N) is 1. The summed E-state index contributed by atoms with van der Waals surface area (Å²) in [4.78, 5) is 11.9. The first-order valence-corrected chi connectivity index (χ1v) is 6.87. The average molecular weight is 259 g/mol. The molecule has 1 unspecified atom stereocenters. The Balaban J connectivity index is 3.24. The van der Waals surface area contributed by atoms with Crippen molar-refractivity contribution in [3.63, 3.8) is 0 Å². The number of hydrogen-bond donors (Lipinski definition) is 1. The van der Waals surface area contributed by atoms with E-state index in [9.17, 15) is 4.79 Å². The van der Waals surface area contributed by atoms with E-state index in [1.54, 1.807) is 6.92 Å². The van der Waals surface area contributed by atoms with Crippen molar-refractivity contribution in [2.75, 3.05) is 13.6 Å². The van der Waals surface area contributed by atoms with Gasteiger partial charge >= 0.3 is 0 Å². The number of ketones is 1. The summed E-state index contributed by atoms with van der Waals surface area (Å²) in [5.41, 5.74) is 4.99. The molecule has 1 N–H and O–H groups in total. The lowest BCUT2D eigenvalue weighted by atomic mass is 9.85. The van der Waals surface area contributed by atoms with Gasteiger partial charge in [-0.2, -0.15) is 0 Å². The molecule has 1 atom stereocenters. The fourth-order valence-electron chi connectivity index (χ4n) is 2.38. The van der Waals surface area contributed by atoms with Gasteiger partial charge in [0.25, 0.3) is 0 Å². The highest BCUT2D eigenvalue weighted by Crippen LogP contribution is 2.28. The number of aryl methyl sites for hydroxylation is 2. The largest absolute Gasteiger partial charge is 0.319 e. The van der Waals surface area contributed by atoms with Crippen LogP contribution in [-0.4, -0.2) is 19.4 Å². The monoisotopic (exact) mass is 259 g/mol. The Morgan fingerprint density at radius 3 is 2.53 bits per heavy atom. The fourth-order valence-corrected chi connectivity index (χ4v) is 2.38. The number of carbonyl (C=O) groups is 1. The van der Waals surface area contributed by atoms with Crippen molar-refractivity contribution in [3.05, 3.63) is 47.0 Å². The van der Waals surface area contributed by atoms with E-state index in [-0.39, 0.29) is 11.7 Å². The number of Topliss-reactive ketones (excluding diaryl/α,β-unsaturated/α-hetero) is 1. The van der Waals surface area contributed by atoms with Crippen LogP contribution in [0.1, 0.15) is 41.5 Å². The zero-order valence-electron chi connectivity index (χ0n) is 12.5. The standard InChI is InChI=1S/C17H25NO/c1-6-7-16(14(4)19)17-11-13(3)12(2)10-15(17)8-9-18-5/h6,10-11,16,18H,1,7-9H2,2-5H3. The van der Waals surface area contributed by atoms with Crippen molar-refractivity contribution in [2.45, 2.75) is 39.5 Å². The SMILES string of the molecule is C=CCC(C(C)=O)c1cc(C)c(C)cc1CCNC. The van der Waals surface area contributed by atoms with Crippen LogP contribution in [0.3, 0.4) is 0 Å². The Hall–Kier alpha value is -1.41. The third-order valence-electron chi connectivity index (χ3n) is 3.67. The van der Waals surface area contributed by atoms with Gasteiger partial charge in [0, 0.05) is 5.92 Å². The number of carbonyl (C=O) groups excluding carboxylic acids is 1. The predicted molar refractivity (Wildman–Crippen MR) is 81.8 cm³/mol. The zero-order chi connectivity index (χ0) is 14.4. The molecule has 0 radical (unpaired) electrons. The van der Waals surface area contributed by atoms with Crippen molar-refractivity contribution in [1.82, 2.24) is 5.32 Å². The minimum Gasteiger partial charge on any atom is -0.319 e. The van der Waals surface area contributed by atoms with Crippen LogP contribution in [0.2, 0.25) is 0 Å². The lowest BCUT2D eigenvalue weighted by molar-refractivity contribution is -0.118. The van der Waals surface area contributed by atoms with Crippen LogP contribution in [0.25, 0.3) is 0 Å². The molecule has 0 aliphatic rings. The highest BCUT2D eigenvalue weighted by Gasteiger charge is 2.19. The van der Waals surface area contributed by atoms with Crippen LogP contribution >= 0.6 is 0 Å². The van der Waals surface area contributed by atoms with Gasteiger partial charge in [0.2, 0.25) is 0 Å². The molecule has 1 rings (SSSR count). The van der Waals surface area contributed by atoms with Gasteiger partial charge in [-0.1, -0.05) is 18.2 Å². The van der Waals surface area contributed by atoms with E-state index in [1.165, 1.54) is 22.3 Å². The maximum absolute atomic E-state index is 11.9. The molecule has 0 amide bonds. The fraction of sp³-hybridized carbons (Fsp3) is 0.471. The first-order chi connectivity index (χ1) is 9.01. The molecule has 0 aliphatic heterocycles. The summed E-state index contributed by atoms with van der Waals surface area (Å²) in [7, 11) is 1.95. The minimum absolute atomic E-state index is 0.0522. The van der Waals surface area contributed by atoms with Crippen molar-refractivity contribution in [3.8, 4) is 0 Å². The van der Waals surface area contributed by atoms with E-state index in [0.717, 1.165) is 13.0 Å². The molecule has 0 saturated heterocycles. The molecule has 0 fully saturated rings. The second-order valence-electron chi connectivity index (χ2n) is 5.18. The van der Waals surface area contributed by atoms with E-state index in [0.29, 0.717) is 6.42 Å². The van der Waals surface area contributed by atoms with Gasteiger partial charge in [-0.3, -0.25) is 4.79 Å². The Kier molecular flexibility index (Phi) is 5.97. The molecule has 0 bridgehead atoms. The summed E-state index contributed by atoms with van der Waals surface area (Å²) in [6.45, 7) is 10.6. The summed E-state index contributed by atoms with van der Waals surface area (Å²) in [6.07, 6.45) is 3.50. The second kappa shape index (κ2) is 7.25. The van der Waals surface area contributed by atoms with E-state index in [4.69, 9.17) is 0 Å². The molecule has 2 heteroatoms. The van der Waals surface area contributed by atoms with Gasteiger partial charge in [-0.05, 0) is 69.5 Å². The van der Waals surface area contributed by atoms with E-state index >= 15 is 0 Å². The van der Waals surface area contributed by atoms with Gasteiger partial charge in [0.15, 0.2) is 0 Å². The topological polar surface area (TPSA) is 29.1 Å². The number of benzene rings is 1. The lowest BCUT2D eigenvalue weighted by Gasteiger charge is -2.19. The molecule has 1 aromatic rings.